The van der Waals surface area contributed by atoms with E-state index in [0.29, 0.717) is 29.2 Å². The minimum Gasteiger partial charge on any atom is -0.497 e. The second kappa shape index (κ2) is 9.61. The van der Waals surface area contributed by atoms with Crippen molar-refractivity contribution in [3.05, 3.63) is 90.8 Å². The molecular weight excluding hydrogens is 419 g/mol. The molecule has 0 bridgehead atoms. The van der Waals surface area contributed by atoms with Crippen molar-refractivity contribution in [3.8, 4) is 45.5 Å². The highest BCUT2D eigenvalue weighted by atomic mass is 19.1. The number of hydrogen-bond donors (Lipinski definition) is 0. The summed E-state index contributed by atoms with van der Waals surface area (Å²) in [5, 5.41) is 4.78. The first kappa shape index (κ1) is 22.1. The SMILES string of the molecule is C=CCc1c(-c2cc(-c3ccccc3F)nn2-c2ccc(OC)cc2)ccc(OC)c1OC. The zero-order chi connectivity index (χ0) is 23.4. The van der Waals surface area contributed by atoms with Crippen LogP contribution in [0.2, 0.25) is 0 Å². The third kappa shape index (κ3) is 4.20. The van der Waals surface area contributed by atoms with E-state index < -0.39 is 0 Å². The van der Waals surface area contributed by atoms with E-state index in [9.17, 15) is 4.39 Å². The lowest BCUT2D eigenvalue weighted by Gasteiger charge is -2.17. The van der Waals surface area contributed by atoms with Gasteiger partial charge in [-0.05, 0) is 61.0 Å². The van der Waals surface area contributed by atoms with E-state index in [2.05, 4.69) is 6.58 Å². The highest BCUT2D eigenvalue weighted by molar-refractivity contribution is 5.76. The predicted molar refractivity (Wildman–Crippen MR) is 128 cm³/mol. The molecule has 3 aromatic carbocycles. The van der Waals surface area contributed by atoms with Gasteiger partial charge < -0.3 is 14.2 Å². The van der Waals surface area contributed by atoms with Crippen LogP contribution in [0.3, 0.4) is 0 Å². The van der Waals surface area contributed by atoms with Crippen LogP contribution >= 0.6 is 0 Å². The van der Waals surface area contributed by atoms with Gasteiger partial charge in [-0.1, -0.05) is 18.2 Å². The summed E-state index contributed by atoms with van der Waals surface area (Å²) in [4.78, 5) is 0. The maximum absolute atomic E-state index is 14.6. The van der Waals surface area contributed by atoms with Gasteiger partial charge in [-0.3, -0.25) is 0 Å². The summed E-state index contributed by atoms with van der Waals surface area (Å²) in [6.45, 7) is 3.90. The van der Waals surface area contributed by atoms with Crippen molar-refractivity contribution < 1.29 is 18.6 Å². The molecule has 33 heavy (non-hydrogen) atoms. The molecule has 4 aromatic rings. The number of hydrogen-bond acceptors (Lipinski definition) is 4. The van der Waals surface area contributed by atoms with Crippen LogP contribution in [-0.4, -0.2) is 31.1 Å². The number of halogens is 1. The van der Waals surface area contributed by atoms with E-state index in [1.54, 1.807) is 44.2 Å². The van der Waals surface area contributed by atoms with Crippen LogP contribution in [0.15, 0.2) is 79.4 Å². The van der Waals surface area contributed by atoms with Crippen LogP contribution < -0.4 is 14.2 Å². The molecule has 6 heteroatoms. The molecule has 0 amide bonds. The fourth-order valence-corrected chi connectivity index (χ4v) is 3.87. The summed E-state index contributed by atoms with van der Waals surface area (Å²) in [6, 6.07) is 19.9. The Balaban J connectivity index is 1.99. The Kier molecular flexibility index (Phi) is 6.45. The molecule has 0 radical (unpaired) electrons. The Labute approximate surface area is 192 Å². The molecule has 4 rings (SSSR count). The van der Waals surface area contributed by atoms with Gasteiger partial charge in [0.25, 0.3) is 0 Å². The fraction of sp³-hybridized carbons (Fsp3) is 0.148. The zero-order valence-corrected chi connectivity index (χ0v) is 18.8. The molecule has 1 aromatic heterocycles. The first-order chi connectivity index (χ1) is 16.1. The van der Waals surface area contributed by atoms with Crippen molar-refractivity contribution in [1.82, 2.24) is 9.78 Å². The van der Waals surface area contributed by atoms with Gasteiger partial charge in [0.15, 0.2) is 11.5 Å². The van der Waals surface area contributed by atoms with Crippen LogP contribution in [0.5, 0.6) is 17.2 Å². The van der Waals surface area contributed by atoms with E-state index in [1.165, 1.54) is 6.07 Å². The van der Waals surface area contributed by atoms with Crippen molar-refractivity contribution in [2.45, 2.75) is 6.42 Å². The summed E-state index contributed by atoms with van der Waals surface area (Å²) in [5.74, 6) is 1.66. The number of methoxy groups -OCH3 is 3. The lowest BCUT2D eigenvalue weighted by Crippen LogP contribution is -2.03. The zero-order valence-electron chi connectivity index (χ0n) is 18.8. The van der Waals surface area contributed by atoms with Gasteiger partial charge in [0.1, 0.15) is 11.6 Å². The molecule has 0 N–H and O–H groups in total. The van der Waals surface area contributed by atoms with Crippen molar-refractivity contribution in [2.24, 2.45) is 0 Å². The number of allylic oxidation sites excluding steroid dienone is 1. The second-order valence-corrected chi connectivity index (χ2v) is 7.32. The summed E-state index contributed by atoms with van der Waals surface area (Å²) >= 11 is 0. The van der Waals surface area contributed by atoms with Crippen LogP contribution in [0.25, 0.3) is 28.2 Å². The maximum Gasteiger partial charge on any atom is 0.164 e. The van der Waals surface area contributed by atoms with Crippen LogP contribution in [0.1, 0.15) is 5.56 Å². The number of aromatic nitrogens is 2. The van der Waals surface area contributed by atoms with Crippen molar-refractivity contribution in [2.75, 3.05) is 21.3 Å². The fourth-order valence-electron chi connectivity index (χ4n) is 3.87. The first-order valence-electron chi connectivity index (χ1n) is 10.5. The lowest BCUT2D eigenvalue weighted by molar-refractivity contribution is 0.352. The summed E-state index contributed by atoms with van der Waals surface area (Å²) in [5.41, 5.74) is 4.35. The monoisotopic (exact) mass is 444 g/mol. The summed E-state index contributed by atoms with van der Waals surface area (Å²) in [6.07, 6.45) is 2.37. The Hall–Kier alpha value is -4.06. The second-order valence-electron chi connectivity index (χ2n) is 7.32. The summed E-state index contributed by atoms with van der Waals surface area (Å²) in [7, 11) is 4.84. The van der Waals surface area contributed by atoms with Gasteiger partial charge in [0.2, 0.25) is 0 Å². The highest BCUT2D eigenvalue weighted by Gasteiger charge is 2.21. The molecule has 1 heterocycles. The molecule has 0 saturated carbocycles. The molecular formula is C27H25FN2O3. The number of ether oxygens (including phenoxy) is 3. The van der Waals surface area contributed by atoms with Crippen LogP contribution in [0, 0.1) is 5.82 Å². The number of nitrogens with zero attached hydrogens (tertiary/aromatic N) is 2. The van der Waals surface area contributed by atoms with E-state index in [4.69, 9.17) is 19.3 Å². The van der Waals surface area contributed by atoms with Gasteiger partial charge >= 0.3 is 0 Å². The minimum absolute atomic E-state index is 0.331. The van der Waals surface area contributed by atoms with E-state index >= 15 is 0 Å². The van der Waals surface area contributed by atoms with E-state index in [1.807, 2.05) is 48.5 Å². The standard InChI is InChI=1S/C27H25FN2O3/c1-5-8-21-20(15-16-26(32-3)27(21)33-4)25-17-24(22-9-6-7-10-23(22)28)29-30(25)18-11-13-19(31-2)14-12-18/h5-7,9-17H,1,8H2,2-4H3. The molecule has 168 valence electrons. The Morgan fingerprint density at radius 3 is 2.30 bits per heavy atom. The molecule has 0 aliphatic rings. The quantitative estimate of drug-likeness (QED) is 0.308. The van der Waals surface area contributed by atoms with Gasteiger partial charge in [-0.15, -0.1) is 6.58 Å². The molecule has 0 spiro atoms. The molecule has 0 aliphatic carbocycles. The van der Waals surface area contributed by atoms with Gasteiger partial charge in [0, 0.05) is 16.7 Å². The Morgan fingerprint density at radius 1 is 0.909 bits per heavy atom. The number of benzene rings is 3. The average molecular weight is 445 g/mol. The minimum atomic E-state index is -0.331. The Morgan fingerprint density at radius 2 is 1.67 bits per heavy atom. The van der Waals surface area contributed by atoms with E-state index in [0.717, 1.165) is 28.3 Å². The van der Waals surface area contributed by atoms with Crippen LogP contribution in [-0.2, 0) is 6.42 Å². The maximum atomic E-state index is 14.6. The van der Waals surface area contributed by atoms with Gasteiger partial charge in [-0.25, -0.2) is 9.07 Å². The largest absolute Gasteiger partial charge is 0.497 e. The molecule has 0 atom stereocenters. The first-order valence-corrected chi connectivity index (χ1v) is 10.5. The Bertz CT molecular complexity index is 1280. The van der Waals surface area contributed by atoms with Crippen LogP contribution in [0.4, 0.5) is 4.39 Å². The lowest BCUT2D eigenvalue weighted by atomic mass is 9.98. The molecule has 0 fully saturated rings. The van der Waals surface area contributed by atoms with Crippen molar-refractivity contribution in [1.29, 1.82) is 0 Å². The van der Waals surface area contributed by atoms with Crippen molar-refractivity contribution >= 4 is 0 Å². The van der Waals surface area contributed by atoms with Gasteiger partial charge in [-0.2, -0.15) is 5.10 Å². The normalized spacial score (nSPS) is 10.7. The predicted octanol–water partition coefficient (Wildman–Crippen LogP) is 6.10. The van der Waals surface area contributed by atoms with Crippen molar-refractivity contribution in [3.63, 3.8) is 0 Å². The average Bonchev–Trinajstić information content (AvgIpc) is 3.29. The third-order valence-corrected chi connectivity index (χ3v) is 5.45. The number of rotatable bonds is 8. The molecule has 0 aliphatic heterocycles. The molecule has 0 saturated heterocycles. The molecule has 0 unspecified atom stereocenters. The van der Waals surface area contributed by atoms with Gasteiger partial charge in [0.05, 0.1) is 38.4 Å². The smallest absolute Gasteiger partial charge is 0.164 e. The van der Waals surface area contributed by atoms with E-state index in [-0.39, 0.29) is 5.82 Å². The highest BCUT2D eigenvalue weighted by Crippen LogP contribution is 2.40. The topological polar surface area (TPSA) is 45.5 Å². The summed E-state index contributed by atoms with van der Waals surface area (Å²) < 4.78 is 32.9. The molecule has 5 nitrogen and oxygen atoms in total. The third-order valence-electron chi connectivity index (χ3n) is 5.45.